The van der Waals surface area contributed by atoms with Crippen LogP contribution >= 0.6 is 0 Å². The second-order valence-electron chi connectivity index (χ2n) is 11.8. The summed E-state index contributed by atoms with van der Waals surface area (Å²) in [5, 5.41) is 3.22. The lowest BCUT2D eigenvalue weighted by molar-refractivity contribution is -0.131. The number of sulfonamides is 1. The summed E-state index contributed by atoms with van der Waals surface area (Å²) in [5.74, 6) is -2.31. The van der Waals surface area contributed by atoms with Gasteiger partial charge in [-0.05, 0) is 63.6 Å². The Morgan fingerprint density at radius 3 is 2.59 bits per heavy atom. The number of benzene rings is 1. The predicted molar refractivity (Wildman–Crippen MR) is 147 cm³/mol. The second kappa shape index (κ2) is 10.3. The highest BCUT2D eigenvalue weighted by atomic mass is 32.2. The van der Waals surface area contributed by atoms with Gasteiger partial charge in [-0.15, -0.1) is 6.58 Å². The van der Waals surface area contributed by atoms with Crippen molar-refractivity contribution in [2.75, 3.05) is 6.54 Å². The van der Waals surface area contributed by atoms with Gasteiger partial charge in [0, 0.05) is 23.9 Å². The van der Waals surface area contributed by atoms with Gasteiger partial charge in [0.25, 0.3) is 5.91 Å². The molecule has 3 amide bonds. The number of hydrogen-bond donors (Lipinski definition) is 2. The number of fused-ring (bicyclic) bond motifs is 1. The fourth-order valence-electron chi connectivity index (χ4n) is 5.04. The van der Waals surface area contributed by atoms with Gasteiger partial charge in [0.05, 0.1) is 11.8 Å². The molecule has 0 bridgehead atoms. The third kappa shape index (κ3) is 5.99. The fourth-order valence-corrected chi connectivity index (χ4v) is 6.40. The summed E-state index contributed by atoms with van der Waals surface area (Å²) in [6, 6.07) is 4.82. The van der Waals surface area contributed by atoms with Gasteiger partial charge in [-0.3, -0.25) is 19.2 Å². The van der Waals surface area contributed by atoms with Crippen LogP contribution in [0.2, 0.25) is 0 Å². The Morgan fingerprint density at radius 2 is 1.95 bits per heavy atom. The first kappa shape index (κ1) is 28.8. The highest BCUT2D eigenvalue weighted by Gasteiger charge is 2.62. The van der Waals surface area contributed by atoms with Crippen LogP contribution in [0.1, 0.15) is 46.5 Å². The molecule has 0 unspecified atom stereocenters. The number of hydrogen-bond acceptors (Lipinski definition) is 8. The number of aromatic nitrogens is 1. The SMILES string of the molecule is C=C[C@@H]1C[C@]1(NC(=O)[C@@H]1C[C@@H](Oc2nccc3ccc(F)cc23)CN1C(=O)OC(C)(C)C)C(=O)NS(=O)(=O)C1CC1. The maximum absolute atomic E-state index is 14.0. The van der Waals surface area contributed by atoms with Crippen LogP contribution < -0.4 is 14.8 Å². The van der Waals surface area contributed by atoms with E-state index in [1.807, 2.05) is 0 Å². The molecule has 2 heterocycles. The van der Waals surface area contributed by atoms with E-state index in [0.717, 1.165) is 0 Å². The highest BCUT2D eigenvalue weighted by Crippen LogP contribution is 2.45. The van der Waals surface area contributed by atoms with Crippen molar-refractivity contribution in [3.63, 3.8) is 0 Å². The van der Waals surface area contributed by atoms with Crippen LogP contribution in [0.25, 0.3) is 10.8 Å². The van der Waals surface area contributed by atoms with Crippen molar-refractivity contribution in [2.45, 2.75) is 75.0 Å². The second-order valence-corrected chi connectivity index (χ2v) is 13.7. The molecule has 1 aromatic heterocycles. The molecule has 4 atom stereocenters. The molecular formula is C28H33FN4O7S. The van der Waals surface area contributed by atoms with E-state index >= 15 is 0 Å². The molecule has 13 heteroatoms. The molecular weight excluding hydrogens is 555 g/mol. The van der Waals surface area contributed by atoms with E-state index in [2.05, 4.69) is 21.6 Å². The molecule has 2 N–H and O–H groups in total. The molecule has 41 heavy (non-hydrogen) atoms. The van der Waals surface area contributed by atoms with Gasteiger partial charge >= 0.3 is 6.09 Å². The van der Waals surface area contributed by atoms with Gasteiger partial charge < -0.3 is 14.8 Å². The molecule has 5 rings (SSSR count). The first-order valence-corrected chi connectivity index (χ1v) is 15.0. The molecule has 1 saturated heterocycles. The highest BCUT2D eigenvalue weighted by molar-refractivity contribution is 7.91. The summed E-state index contributed by atoms with van der Waals surface area (Å²) in [5.41, 5.74) is -2.36. The topological polar surface area (TPSA) is 144 Å². The Balaban J connectivity index is 1.38. The van der Waals surface area contributed by atoms with Crippen LogP contribution in [0, 0.1) is 11.7 Å². The first-order chi connectivity index (χ1) is 19.2. The first-order valence-electron chi connectivity index (χ1n) is 13.4. The minimum atomic E-state index is -3.85. The van der Waals surface area contributed by atoms with Crippen molar-refractivity contribution in [3.8, 4) is 5.88 Å². The van der Waals surface area contributed by atoms with Gasteiger partial charge in [-0.25, -0.2) is 22.6 Å². The van der Waals surface area contributed by atoms with Gasteiger partial charge in [0.1, 0.15) is 29.1 Å². The molecule has 1 aromatic carbocycles. The molecule has 0 spiro atoms. The largest absolute Gasteiger partial charge is 0.472 e. The lowest BCUT2D eigenvalue weighted by Gasteiger charge is -2.29. The smallest absolute Gasteiger partial charge is 0.411 e. The summed E-state index contributed by atoms with van der Waals surface area (Å²) >= 11 is 0. The maximum Gasteiger partial charge on any atom is 0.411 e. The third-order valence-corrected chi connectivity index (χ3v) is 9.23. The van der Waals surface area contributed by atoms with Gasteiger partial charge in [0.2, 0.25) is 21.8 Å². The lowest BCUT2D eigenvalue weighted by atomic mass is 10.1. The van der Waals surface area contributed by atoms with Crippen LogP contribution in [0.5, 0.6) is 5.88 Å². The number of pyridine rings is 1. The summed E-state index contributed by atoms with van der Waals surface area (Å²) < 4.78 is 52.6. The number of nitrogens with one attached hydrogen (secondary N) is 2. The number of amides is 3. The summed E-state index contributed by atoms with van der Waals surface area (Å²) in [4.78, 5) is 45.4. The Kier molecular flexibility index (Phi) is 7.21. The molecule has 0 radical (unpaired) electrons. The summed E-state index contributed by atoms with van der Waals surface area (Å²) in [6.45, 7) is 8.74. The Morgan fingerprint density at radius 1 is 1.22 bits per heavy atom. The van der Waals surface area contributed by atoms with Crippen LogP contribution in [0.15, 0.2) is 43.1 Å². The standard InChI is InChI=1S/C28H33FN4O7S/c1-5-17-14-28(17,25(35)32-41(37,38)20-8-9-20)31-23(34)22-13-19(15-33(22)26(36)40-27(2,3)4)39-24-21-12-18(29)7-6-16(21)10-11-30-24/h5-7,10-12,17,19-20,22H,1,8-9,13-15H2,2-4H3,(H,31,34)(H,32,35)/t17-,19-,22+,28-/m1/s1. The van der Waals surface area contributed by atoms with E-state index in [1.165, 1.54) is 29.3 Å². The van der Waals surface area contributed by atoms with Crippen molar-refractivity contribution in [1.82, 2.24) is 19.9 Å². The zero-order valence-corrected chi connectivity index (χ0v) is 23.9. The summed E-state index contributed by atoms with van der Waals surface area (Å²) in [6.07, 6.45) is 2.66. The lowest BCUT2D eigenvalue weighted by Crippen LogP contribution is -2.56. The van der Waals surface area contributed by atoms with Gasteiger partial charge in [-0.1, -0.05) is 12.1 Å². The van der Waals surface area contributed by atoms with Crippen molar-refractivity contribution in [1.29, 1.82) is 0 Å². The number of nitrogens with zero attached hydrogens (tertiary/aromatic N) is 2. The monoisotopic (exact) mass is 588 g/mol. The van der Waals surface area contributed by atoms with E-state index in [1.54, 1.807) is 32.9 Å². The molecule has 2 aliphatic carbocycles. The number of ether oxygens (including phenoxy) is 2. The van der Waals surface area contributed by atoms with E-state index in [-0.39, 0.29) is 25.3 Å². The number of carbonyl (C=O) groups excluding carboxylic acids is 3. The minimum Gasteiger partial charge on any atom is -0.472 e. The molecule has 3 aliphatic rings. The van der Waals surface area contributed by atoms with Crippen LogP contribution in [-0.4, -0.2) is 71.3 Å². The molecule has 220 valence electrons. The van der Waals surface area contributed by atoms with E-state index < -0.39 is 68.2 Å². The van der Waals surface area contributed by atoms with Crippen molar-refractivity contribution in [3.05, 3.63) is 48.9 Å². The molecule has 2 aromatic rings. The minimum absolute atomic E-state index is 0.0231. The normalized spacial score (nSPS) is 25.9. The Hall–Kier alpha value is -3.74. The van der Waals surface area contributed by atoms with Crippen molar-refractivity contribution in [2.24, 2.45) is 5.92 Å². The van der Waals surface area contributed by atoms with E-state index in [9.17, 15) is 27.2 Å². The average Bonchev–Trinajstić information content (AvgIpc) is 3.80. The molecule has 3 fully saturated rings. The Bertz CT molecular complexity index is 1520. The quantitative estimate of drug-likeness (QED) is 0.448. The number of rotatable bonds is 8. The maximum atomic E-state index is 14.0. The van der Waals surface area contributed by atoms with E-state index in [0.29, 0.717) is 23.6 Å². The van der Waals surface area contributed by atoms with Crippen LogP contribution in [0.3, 0.4) is 0 Å². The predicted octanol–water partition coefficient (Wildman–Crippen LogP) is 2.80. The van der Waals surface area contributed by atoms with Gasteiger partial charge in [-0.2, -0.15) is 0 Å². The zero-order chi connectivity index (χ0) is 29.7. The van der Waals surface area contributed by atoms with Gasteiger partial charge in [0.15, 0.2) is 0 Å². The average molecular weight is 589 g/mol. The number of halogens is 1. The zero-order valence-electron chi connectivity index (χ0n) is 23.1. The number of likely N-dealkylation sites (tertiary alicyclic amines) is 1. The number of carbonyl (C=O) groups is 3. The molecule has 11 nitrogen and oxygen atoms in total. The van der Waals surface area contributed by atoms with Crippen molar-refractivity contribution >= 4 is 38.7 Å². The van der Waals surface area contributed by atoms with Crippen molar-refractivity contribution < 1.29 is 36.7 Å². The summed E-state index contributed by atoms with van der Waals surface area (Å²) in [7, 11) is -3.85. The van der Waals surface area contributed by atoms with E-state index in [4.69, 9.17) is 9.47 Å². The Labute approximate surface area is 237 Å². The third-order valence-electron chi connectivity index (χ3n) is 7.41. The molecule has 1 aliphatic heterocycles. The molecule has 2 saturated carbocycles. The van der Waals surface area contributed by atoms with Crippen LogP contribution in [0.4, 0.5) is 9.18 Å². The van der Waals surface area contributed by atoms with Crippen LogP contribution in [-0.2, 0) is 24.3 Å². The fraction of sp³-hybridized carbons (Fsp3) is 0.500.